The van der Waals surface area contributed by atoms with Crippen molar-refractivity contribution in [3.8, 4) is 40.2 Å². The summed E-state index contributed by atoms with van der Waals surface area (Å²) in [5.74, 6) is -2.44. The average molecular weight is 816 g/mol. The van der Waals surface area contributed by atoms with E-state index < -0.39 is 86.6 Å². The van der Waals surface area contributed by atoms with Crippen molar-refractivity contribution in [2.75, 3.05) is 27.4 Å². The lowest BCUT2D eigenvalue weighted by Gasteiger charge is -2.41. The number of aromatic hydroxyl groups is 4. The zero-order valence-corrected chi connectivity index (χ0v) is 31.1. The summed E-state index contributed by atoms with van der Waals surface area (Å²) >= 11 is 0. The van der Waals surface area contributed by atoms with E-state index in [1.807, 2.05) is 0 Å². The van der Waals surface area contributed by atoms with Crippen LogP contribution in [0.5, 0.6) is 40.2 Å². The van der Waals surface area contributed by atoms with Gasteiger partial charge in [0.15, 0.2) is 23.4 Å². The van der Waals surface area contributed by atoms with Crippen LogP contribution in [-0.2, 0) is 33.3 Å². The first-order chi connectivity index (χ1) is 27.7. The molecule has 19 nitrogen and oxygen atoms in total. The minimum absolute atomic E-state index is 0.0184. The van der Waals surface area contributed by atoms with E-state index in [2.05, 4.69) is 0 Å². The zero-order valence-electron chi connectivity index (χ0n) is 31.1. The Hall–Kier alpha value is -5.80. The third kappa shape index (κ3) is 9.16. The number of hydrogen-bond donors (Lipinski definition) is 8. The Labute approximate surface area is 330 Å². The van der Waals surface area contributed by atoms with Gasteiger partial charge in [0.1, 0.15) is 66.0 Å². The first-order valence-corrected chi connectivity index (χ1v) is 17.7. The lowest BCUT2D eigenvalue weighted by Crippen LogP contribution is -2.59. The Morgan fingerprint density at radius 2 is 1.52 bits per heavy atom. The number of methoxy groups -OCH3 is 2. The molecule has 19 heteroatoms. The maximum atomic E-state index is 12.5. The van der Waals surface area contributed by atoms with Gasteiger partial charge in [-0.2, -0.15) is 0 Å². The fraction of sp³-hybridized carbons (Fsp3) is 0.385. The van der Waals surface area contributed by atoms with Crippen LogP contribution >= 0.6 is 0 Å². The number of ether oxygens (including phenoxy) is 9. The highest BCUT2D eigenvalue weighted by Gasteiger charge is 2.48. The molecule has 58 heavy (non-hydrogen) atoms. The highest BCUT2D eigenvalue weighted by Crippen LogP contribution is 2.49. The van der Waals surface area contributed by atoms with Crippen molar-refractivity contribution in [1.29, 1.82) is 0 Å². The van der Waals surface area contributed by atoms with Gasteiger partial charge in [0, 0.05) is 25.1 Å². The Morgan fingerprint density at radius 1 is 0.828 bits per heavy atom. The number of carbonyl (C=O) groups is 2. The number of esters is 2. The van der Waals surface area contributed by atoms with Gasteiger partial charge >= 0.3 is 11.9 Å². The van der Waals surface area contributed by atoms with Gasteiger partial charge in [-0.1, -0.05) is 12.1 Å². The van der Waals surface area contributed by atoms with Crippen molar-refractivity contribution in [2.45, 2.75) is 68.3 Å². The number of fused-ring (bicyclic) bond motifs is 1. The van der Waals surface area contributed by atoms with Gasteiger partial charge in [-0.3, -0.25) is 4.79 Å². The molecular weight excluding hydrogens is 772 g/mol. The second kappa shape index (κ2) is 17.8. The molecule has 3 aliphatic heterocycles. The lowest BCUT2D eigenvalue weighted by molar-refractivity contribution is -0.296. The Kier molecular flexibility index (Phi) is 12.8. The number of carbonyl (C=O) groups excluding carboxylic acids is 2. The molecule has 3 aromatic carbocycles. The molecule has 10 atom stereocenters. The maximum Gasteiger partial charge on any atom is 0.330 e. The Balaban J connectivity index is 1.33. The van der Waals surface area contributed by atoms with Crippen molar-refractivity contribution >= 4 is 24.1 Å². The van der Waals surface area contributed by atoms with Gasteiger partial charge in [-0.05, 0) is 35.9 Å². The van der Waals surface area contributed by atoms with Gasteiger partial charge in [0.25, 0.3) is 11.9 Å². The van der Waals surface area contributed by atoms with Gasteiger partial charge in [-0.25, -0.2) is 4.79 Å². The largest absolute Gasteiger partial charge is 0.571 e. The van der Waals surface area contributed by atoms with Crippen LogP contribution in [0.2, 0.25) is 0 Å². The molecular formula is C39H43O19+. The molecule has 2 saturated heterocycles. The van der Waals surface area contributed by atoms with Crippen LogP contribution in [0.3, 0.4) is 0 Å². The molecule has 0 aliphatic carbocycles. The smallest absolute Gasteiger partial charge is 0.330 e. The van der Waals surface area contributed by atoms with Crippen LogP contribution in [0.25, 0.3) is 12.2 Å². The first kappa shape index (κ1) is 41.8. The Bertz CT molecular complexity index is 1990. The minimum Gasteiger partial charge on any atom is -0.571 e. The summed E-state index contributed by atoms with van der Waals surface area (Å²) in [6, 6.07) is 11.3. The summed E-state index contributed by atoms with van der Waals surface area (Å²) < 4.78 is 49.5. The standard InChI is InChI=1S/C39H42O19/c1-17(40)54-37-31(45)23(43)15-53-39(37)56-25-13-21(42)12-24-22(25)14-28(36(55-24)19-10-26(50-2)32(46)27(11-19)51-3)57-38-35(49)34(48)33(47)29(58-38)16-52-30(44)9-6-18-4-7-20(41)8-5-18/h4-14,23,29,31,33-39,41-43,45-49H,15-16H2,1-3H3/p+1. The van der Waals surface area contributed by atoms with E-state index in [1.54, 1.807) is 12.1 Å². The number of hydrogen-bond acceptors (Lipinski definition) is 18. The molecule has 0 radical (unpaired) electrons. The van der Waals surface area contributed by atoms with Crippen LogP contribution < -0.4 is 14.2 Å². The molecule has 312 valence electrons. The number of aliphatic hydroxyl groups excluding tert-OH is 5. The van der Waals surface area contributed by atoms with Gasteiger partial charge in [0.05, 0.1) is 32.5 Å². The fourth-order valence-corrected chi connectivity index (χ4v) is 6.34. The summed E-state index contributed by atoms with van der Waals surface area (Å²) in [5, 5.41) is 84.4. The molecule has 10 unspecified atom stereocenters. The van der Waals surface area contributed by atoms with E-state index in [0.29, 0.717) is 5.56 Å². The molecule has 0 bridgehead atoms. The van der Waals surface area contributed by atoms with E-state index in [0.717, 1.165) is 13.0 Å². The molecule has 3 aliphatic rings. The van der Waals surface area contributed by atoms with E-state index in [9.17, 15) is 50.4 Å². The third-order valence-electron chi connectivity index (χ3n) is 9.34. The number of phenolic OH excluding ortho intramolecular Hbond substituents is 3. The molecule has 0 amide bonds. The molecule has 3 heterocycles. The van der Waals surface area contributed by atoms with E-state index in [1.165, 1.54) is 62.8 Å². The van der Waals surface area contributed by atoms with Crippen LogP contribution in [0.4, 0.5) is 0 Å². The summed E-state index contributed by atoms with van der Waals surface area (Å²) in [6.45, 7) is 0.0962. The molecule has 0 saturated carbocycles. The van der Waals surface area contributed by atoms with E-state index in [-0.39, 0.29) is 57.1 Å². The second-order valence-electron chi connectivity index (χ2n) is 13.4. The topological polar surface area (TPSA) is 283 Å². The maximum absolute atomic E-state index is 12.5. The van der Waals surface area contributed by atoms with Crippen LogP contribution in [0.15, 0.2) is 60.4 Å². The van der Waals surface area contributed by atoms with Crippen molar-refractivity contribution in [3.63, 3.8) is 0 Å². The highest BCUT2D eigenvalue weighted by molar-refractivity contribution is 5.87. The zero-order chi connectivity index (χ0) is 41.8. The number of rotatable bonds is 12. The summed E-state index contributed by atoms with van der Waals surface area (Å²) in [6.07, 6.45) is -11.9. The first-order valence-electron chi connectivity index (χ1n) is 17.7. The number of aliphatic hydroxyl groups is 6. The predicted octanol–water partition coefficient (Wildman–Crippen LogP) is 0.627. The van der Waals surface area contributed by atoms with Gasteiger partial charge in [-0.15, -0.1) is 0 Å². The molecule has 6 rings (SSSR count). The summed E-state index contributed by atoms with van der Waals surface area (Å²) in [5.41, 5.74) is 0.996. The Morgan fingerprint density at radius 3 is 2.17 bits per heavy atom. The van der Waals surface area contributed by atoms with Crippen molar-refractivity contribution in [2.24, 2.45) is 0 Å². The molecule has 0 aromatic heterocycles. The highest BCUT2D eigenvalue weighted by atomic mass is 16.7. The number of benzene rings is 3. The quantitative estimate of drug-likeness (QED) is 0.0707. The van der Waals surface area contributed by atoms with Gasteiger partial charge < -0.3 is 83.5 Å². The van der Waals surface area contributed by atoms with Crippen LogP contribution in [0, 0.1) is 0 Å². The van der Waals surface area contributed by atoms with Crippen LogP contribution in [0.1, 0.15) is 29.7 Å². The monoisotopic (exact) mass is 815 g/mol. The van der Waals surface area contributed by atoms with Crippen LogP contribution in [-0.4, -0.2) is 140 Å². The second-order valence-corrected chi connectivity index (χ2v) is 13.4. The lowest BCUT2D eigenvalue weighted by atomic mass is 9.98. The number of phenols is 3. The third-order valence-corrected chi connectivity index (χ3v) is 9.34. The van der Waals surface area contributed by atoms with Crippen molar-refractivity contribution < 1.29 is 93.1 Å². The van der Waals surface area contributed by atoms with E-state index in [4.69, 9.17) is 42.6 Å². The SMILES string of the molecule is COc1cc(C2[OH+]c3cc(O)cc(OC4OCC(O)C(O)C4OC(C)=O)c3C=C2OC2OC(COC(=O)C=Cc3ccc(O)cc3)C(O)C(O)C2O)cc(OC)c1O. The van der Waals surface area contributed by atoms with Gasteiger partial charge in [0.2, 0.25) is 18.3 Å². The molecule has 2 fully saturated rings. The minimum atomic E-state index is -1.88. The molecule has 9 N–H and O–H groups in total. The molecule has 3 aromatic rings. The summed E-state index contributed by atoms with van der Waals surface area (Å²) in [4.78, 5) is 24.4. The van der Waals surface area contributed by atoms with Crippen molar-refractivity contribution in [1.82, 2.24) is 0 Å². The normalized spacial score (nSPS) is 28.0. The fourth-order valence-electron chi connectivity index (χ4n) is 6.34. The average Bonchev–Trinajstić information content (AvgIpc) is 3.20. The van der Waals surface area contributed by atoms with Crippen molar-refractivity contribution in [3.05, 3.63) is 77.1 Å². The summed E-state index contributed by atoms with van der Waals surface area (Å²) in [7, 11) is 2.61. The van der Waals surface area contributed by atoms with E-state index >= 15 is 0 Å². The molecule has 0 spiro atoms. The predicted molar refractivity (Wildman–Crippen MR) is 196 cm³/mol.